The molecule has 0 saturated carbocycles. The van der Waals surface area contributed by atoms with Crippen LogP contribution in [0.4, 0.5) is 5.69 Å². The second-order valence-electron chi connectivity index (χ2n) is 5.74. The molecular formula is C15H21N4O3+. The molecule has 0 unspecified atom stereocenters. The van der Waals surface area contributed by atoms with Crippen molar-refractivity contribution < 1.29 is 14.6 Å². The topological polar surface area (TPSA) is 89.0 Å². The van der Waals surface area contributed by atoms with E-state index in [1.807, 2.05) is 0 Å². The summed E-state index contributed by atoms with van der Waals surface area (Å²) in [5.41, 5.74) is 3.86. The largest absolute Gasteiger partial charge is 0.332 e. The summed E-state index contributed by atoms with van der Waals surface area (Å²) in [6.07, 6.45) is 1.77. The predicted molar refractivity (Wildman–Crippen MR) is 83.1 cm³/mol. The SMILES string of the molecule is CC(C)[NH+]1CCC(=NNC(=O)c2ccc([N+](=O)[O-])cc2)CC1. The van der Waals surface area contributed by atoms with Crippen molar-refractivity contribution >= 4 is 17.3 Å². The summed E-state index contributed by atoms with van der Waals surface area (Å²) < 4.78 is 0. The number of amides is 1. The summed E-state index contributed by atoms with van der Waals surface area (Å²) in [7, 11) is 0. The molecule has 2 N–H and O–H groups in total. The highest BCUT2D eigenvalue weighted by molar-refractivity contribution is 5.95. The minimum absolute atomic E-state index is 0.0353. The van der Waals surface area contributed by atoms with Crippen molar-refractivity contribution in [2.24, 2.45) is 5.10 Å². The van der Waals surface area contributed by atoms with Crippen molar-refractivity contribution in [1.29, 1.82) is 0 Å². The fraction of sp³-hybridized carbons (Fsp3) is 0.467. The molecule has 0 bridgehead atoms. The number of hydrogen-bond acceptors (Lipinski definition) is 4. The second-order valence-corrected chi connectivity index (χ2v) is 5.74. The number of rotatable bonds is 4. The lowest BCUT2D eigenvalue weighted by atomic mass is 10.1. The average molecular weight is 305 g/mol. The molecule has 1 aliphatic rings. The van der Waals surface area contributed by atoms with Crippen LogP contribution in [0.2, 0.25) is 0 Å². The number of quaternary nitrogens is 1. The zero-order valence-corrected chi connectivity index (χ0v) is 12.8. The second kappa shape index (κ2) is 7.13. The number of piperidine rings is 1. The zero-order valence-electron chi connectivity index (χ0n) is 12.8. The van der Waals surface area contributed by atoms with Gasteiger partial charge in [0.1, 0.15) is 0 Å². The smallest absolute Gasteiger partial charge is 0.271 e. The number of carbonyl (C=O) groups excluding carboxylic acids is 1. The van der Waals surface area contributed by atoms with Crippen molar-refractivity contribution in [2.45, 2.75) is 32.7 Å². The first-order valence-electron chi connectivity index (χ1n) is 7.42. The van der Waals surface area contributed by atoms with E-state index in [-0.39, 0.29) is 11.6 Å². The minimum Gasteiger partial charge on any atom is -0.332 e. The number of nitrogens with one attached hydrogen (secondary N) is 2. The monoisotopic (exact) mass is 305 g/mol. The predicted octanol–water partition coefficient (Wildman–Crippen LogP) is 0.768. The van der Waals surface area contributed by atoms with E-state index in [4.69, 9.17) is 0 Å². The van der Waals surface area contributed by atoms with Gasteiger partial charge in [0.05, 0.1) is 24.1 Å². The average Bonchev–Trinajstić information content (AvgIpc) is 2.53. The highest BCUT2D eigenvalue weighted by Gasteiger charge is 2.20. The lowest BCUT2D eigenvalue weighted by Gasteiger charge is -2.27. The highest BCUT2D eigenvalue weighted by Crippen LogP contribution is 2.11. The maximum Gasteiger partial charge on any atom is 0.271 e. The Balaban J connectivity index is 1.90. The maximum atomic E-state index is 11.9. The van der Waals surface area contributed by atoms with Crippen LogP contribution in [0.3, 0.4) is 0 Å². The Morgan fingerprint density at radius 2 is 1.86 bits per heavy atom. The third-order valence-electron chi connectivity index (χ3n) is 3.94. The molecule has 118 valence electrons. The molecule has 1 fully saturated rings. The third kappa shape index (κ3) is 4.11. The first-order valence-corrected chi connectivity index (χ1v) is 7.42. The van der Waals surface area contributed by atoms with Crippen molar-refractivity contribution in [3.05, 3.63) is 39.9 Å². The van der Waals surface area contributed by atoms with Gasteiger partial charge in [-0.3, -0.25) is 14.9 Å². The summed E-state index contributed by atoms with van der Waals surface area (Å²) in [5, 5.41) is 14.8. The molecule has 7 nitrogen and oxygen atoms in total. The van der Waals surface area contributed by atoms with E-state index in [0.29, 0.717) is 11.6 Å². The first-order chi connectivity index (χ1) is 10.5. The van der Waals surface area contributed by atoms with Gasteiger partial charge in [-0.2, -0.15) is 5.10 Å². The number of nitro benzene ring substituents is 1. The van der Waals surface area contributed by atoms with Crippen LogP contribution in [0.5, 0.6) is 0 Å². The summed E-state index contributed by atoms with van der Waals surface area (Å²) >= 11 is 0. The third-order valence-corrected chi connectivity index (χ3v) is 3.94. The molecule has 1 aromatic rings. The first kappa shape index (κ1) is 16.1. The Bertz CT molecular complexity index is 571. The molecule has 1 aromatic carbocycles. The lowest BCUT2D eigenvalue weighted by molar-refractivity contribution is -0.922. The Hall–Kier alpha value is -2.28. The molecule has 1 amide bonds. The number of likely N-dealkylation sites (tertiary alicyclic amines) is 1. The summed E-state index contributed by atoms with van der Waals surface area (Å²) in [5.74, 6) is -0.346. The summed E-state index contributed by atoms with van der Waals surface area (Å²) in [4.78, 5) is 23.6. The van der Waals surface area contributed by atoms with Crippen molar-refractivity contribution in [3.8, 4) is 0 Å². The standard InChI is InChI=1S/C15H20N4O3/c1-11(2)18-9-7-13(8-10-18)16-17-15(20)12-3-5-14(6-4-12)19(21)22/h3-6,11H,7-10H2,1-2H3,(H,17,20)/p+1. The molecular weight excluding hydrogens is 284 g/mol. The Labute approximate surface area is 129 Å². The van der Waals surface area contributed by atoms with Gasteiger partial charge in [-0.15, -0.1) is 0 Å². The van der Waals surface area contributed by atoms with Gasteiger partial charge < -0.3 is 4.90 Å². The molecule has 0 atom stereocenters. The quantitative estimate of drug-likeness (QED) is 0.636. The Morgan fingerprint density at radius 3 is 2.36 bits per heavy atom. The van der Waals surface area contributed by atoms with Gasteiger partial charge in [-0.05, 0) is 26.0 Å². The van der Waals surface area contributed by atoms with Crippen molar-refractivity contribution in [2.75, 3.05) is 13.1 Å². The molecule has 22 heavy (non-hydrogen) atoms. The van der Waals surface area contributed by atoms with Gasteiger partial charge in [-0.25, -0.2) is 5.43 Å². The van der Waals surface area contributed by atoms with E-state index in [0.717, 1.165) is 31.6 Å². The molecule has 0 aromatic heterocycles. The molecule has 0 spiro atoms. The molecule has 0 aliphatic carbocycles. The molecule has 2 rings (SSSR count). The number of nitro groups is 1. The molecule has 1 aliphatic heterocycles. The van der Waals surface area contributed by atoms with E-state index in [1.54, 1.807) is 4.90 Å². The van der Waals surface area contributed by atoms with Crippen molar-refractivity contribution in [3.63, 3.8) is 0 Å². The van der Waals surface area contributed by atoms with Gasteiger partial charge in [0.15, 0.2) is 0 Å². The van der Waals surface area contributed by atoms with Crippen LogP contribution < -0.4 is 10.3 Å². The van der Waals surface area contributed by atoms with Crippen LogP contribution >= 0.6 is 0 Å². The number of nitrogens with zero attached hydrogens (tertiary/aromatic N) is 2. The van der Waals surface area contributed by atoms with Crippen LogP contribution in [-0.4, -0.2) is 35.7 Å². The van der Waals surface area contributed by atoms with E-state index >= 15 is 0 Å². The molecule has 1 heterocycles. The van der Waals surface area contributed by atoms with Gasteiger partial charge in [0.2, 0.25) is 0 Å². The number of hydrazone groups is 1. The van der Waals surface area contributed by atoms with Crippen LogP contribution in [0.25, 0.3) is 0 Å². The maximum absolute atomic E-state index is 11.9. The molecule has 1 saturated heterocycles. The van der Waals surface area contributed by atoms with E-state index in [1.165, 1.54) is 24.3 Å². The number of carbonyl (C=O) groups is 1. The van der Waals surface area contributed by atoms with Gasteiger partial charge >= 0.3 is 0 Å². The van der Waals surface area contributed by atoms with Gasteiger partial charge in [0, 0.05) is 36.2 Å². The number of hydrogen-bond donors (Lipinski definition) is 2. The lowest BCUT2D eigenvalue weighted by Crippen LogP contribution is -3.16. The minimum atomic E-state index is -0.493. The van der Waals surface area contributed by atoms with Crippen LogP contribution in [0.1, 0.15) is 37.0 Å². The molecule has 0 radical (unpaired) electrons. The van der Waals surface area contributed by atoms with E-state index < -0.39 is 4.92 Å². The Morgan fingerprint density at radius 1 is 1.27 bits per heavy atom. The van der Waals surface area contributed by atoms with E-state index in [9.17, 15) is 14.9 Å². The summed E-state index contributed by atoms with van der Waals surface area (Å²) in [6, 6.07) is 6.09. The number of benzene rings is 1. The molecule has 7 heteroatoms. The van der Waals surface area contributed by atoms with Crippen LogP contribution in [0.15, 0.2) is 29.4 Å². The fourth-order valence-corrected chi connectivity index (χ4v) is 2.48. The normalized spacial score (nSPS) is 18.1. The highest BCUT2D eigenvalue weighted by atomic mass is 16.6. The zero-order chi connectivity index (χ0) is 16.1. The van der Waals surface area contributed by atoms with E-state index in [2.05, 4.69) is 24.4 Å². The van der Waals surface area contributed by atoms with Crippen LogP contribution in [0, 0.1) is 10.1 Å². The van der Waals surface area contributed by atoms with Crippen molar-refractivity contribution in [1.82, 2.24) is 5.43 Å². The number of non-ortho nitro benzene ring substituents is 1. The fourth-order valence-electron chi connectivity index (χ4n) is 2.48. The van der Waals surface area contributed by atoms with Crippen LogP contribution in [-0.2, 0) is 0 Å². The summed E-state index contributed by atoms with van der Waals surface area (Å²) in [6.45, 7) is 6.47. The van der Waals surface area contributed by atoms with Gasteiger partial charge in [-0.1, -0.05) is 0 Å². The van der Waals surface area contributed by atoms with Gasteiger partial charge in [0.25, 0.3) is 11.6 Å². The Kier molecular flexibility index (Phi) is 5.21.